The van der Waals surface area contributed by atoms with Gasteiger partial charge in [0.15, 0.2) is 0 Å². The first-order valence-corrected chi connectivity index (χ1v) is 8.39. The van der Waals surface area contributed by atoms with Gasteiger partial charge in [-0.1, -0.05) is 53.5 Å². The van der Waals surface area contributed by atoms with Crippen molar-refractivity contribution < 1.29 is 0 Å². The number of aromatic nitrogens is 1. The highest BCUT2D eigenvalue weighted by molar-refractivity contribution is 7.11. The van der Waals surface area contributed by atoms with Crippen molar-refractivity contribution in [1.82, 2.24) is 4.98 Å². The average molecular weight is 357 g/mol. The van der Waals surface area contributed by atoms with Crippen LogP contribution in [0.15, 0.2) is 53.9 Å². The largest absolute Gasteiger partial charge is 0.235 e. The minimum atomic E-state index is 0.483. The Bertz CT molecular complexity index is 923. The van der Waals surface area contributed by atoms with Crippen molar-refractivity contribution >= 4 is 46.2 Å². The molecule has 2 aromatic carbocycles. The molecule has 0 bridgehead atoms. The summed E-state index contributed by atoms with van der Waals surface area (Å²) in [6, 6.07) is 17.1. The molecule has 1 heterocycles. The number of benzene rings is 2. The highest BCUT2D eigenvalue weighted by Crippen LogP contribution is 2.29. The lowest BCUT2D eigenvalue weighted by atomic mass is 10.1. The number of hydrogen-bond donors (Lipinski definition) is 0. The summed E-state index contributed by atoms with van der Waals surface area (Å²) in [5.41, 5.74) is 3.00. The van der Waals surface area contributed by atoms with Gasteiger partial charge in [-0.05, 0) is 29.8 Å². The van der Waals surface area contributed by atoms with E-state index in [2.05, 4.69) is 11.1 Å². The molecule has 112 valence electrons. The molecule has 0 unspecified atom stereocenters. The third-order valence-electron chi connectivity index (χ3n) is 3.18. The number of nitrogens with zero attached hydrogens (tertiary/aromatic N) is 2. The molecular formula is C18H10Cl2N2S. The third-order valence-corrected chi connectivity index (χ3v) is 4.64. The minimum Gasteiger partial charge on any atom is -0.235 e. The molecular weight excluding hydrogens is 347 g/mol. The van der Waals surface area contributed by atoms with Crippen LogP contribution in [0, 0.1) is 11.3 Å². The molecule has 0 amide bonds. The van der Waals surface area contributed by atoms with E-state index in [1.165, 1.54) is 11.3 Å². The second-order valence-electron chi connectivity index (χ2n) is 4.74. The summed E-state index contributed by atoms with van der Waals surface area (Å²) in [6.07, 6.45) is 1.75. The molecule has 0 saturated carbocycles. The van der Waals surface area contributed by atoms with Crippen LogP contribution in [0.1, 0.15) is 10.6 Å². The van der Waals surface area contributed by atoms with Crippen LogP contribution >= 0.6 is 34.5 Å². The van der Waals surface area contributed by atoms with Gasteiger partial charge < -0.3 is 0 Å². The second kappa shape index (κ2) is 6.97. The van der Waals surface area contributed by atoms with Gasteiger partial charge in [0.2, 0.25) is 0 Å². The van der Waals surface area contributed by atoms with E-state index in [1.807, 2.05) is 47.8 Å². The highest BCUT2D eigenvalue weighted by Gasteiger charge is 2.10. The Morgan fingerprint density at radius 1 is 1.13 bits per heavy atom. The summed E-state index contributed by atoms with van der Waals surface area (Å²) in [5, 5.41) is 13.3. The van der Waals surface area contributed by atoms with Gasteiger partial charge in [0.25, 0.3) is 0 Å². The van der Waals surface area contributed by atoms with Crippen molar-refractivity contribution in [1.29, 1.82) is 5.26 Å². The fraction of sp³-hybridized carbons (Fsp3) is 0. The van der Waals surface area contributed by atoms with E-state index in [4.69, 9.17) is 23.2 Å². The van der Waals surface area contributed by atoms with Crippen LogP contribution in [0.5, 0.6) is 0 Å². The molecule has 1 aromatic heterocycles. The van der Waals surface area contributed by atoms with Crippen molar-refractivity contribution in [2.75, 3.05) is 0 Å². The zero-order valence-electron chi connectivity index (χ0n) is 11.8. The van der Waals surface area contributed by atoms with Gasteiger partial charge in [-0.25, -0.2) is 4.98 Å². The summed E-state index contributed by atoms with van der Waals surface area (Å²) in [7, 11) is 0. The predicted molar refractivity (Wildman–Crippen MR) is 97.5 cm³/mol. The zero-order chi connectivity index (χ0) is 16.2. The average Bonchev–Trinajstić information content (AvgIpc) is 3.04. The molecule has 0 spiro atoms. The minimum absolute atomic E-state index is 0.483. The number of nitriles is 1. The molecule has 3 rings (SSSR count). The first kappa shape index (κ1) is 15.8. The Balaban J connectivity index is 1.98. The number of hydrogen-bond acceptors (Lipinski definition) is 3. The predicted octanol–water partition coefficient (Wildman–Crippen LogP) is 6.18. The van der Waals surface area contributed by atoms with E-state index in [1.54, 1.807) is 12.1 Å². The topological polar surface area (TPSA) is 36.7 Å². The lowest BCUT2D eigenvalue weighted by Crippen LogP contribution is -1.83. The number of rotatable bonds is 3. The normalized spacial score (nSPS) is 11.3. The third kappa shape index (κ3) is 3.62. The Hall–Kier alpha value is -2.12. The van der Waals surface area contributed by atoms with Gasteiger partial charge in [-0.15, -0.1) is 11.3 Å². The van der Waals surface area contributed by atoms with Crippen LogP contribution in [0.25, 0.3) is 22.9 Å². The summed E-state index contributed by atoms with van der Waals surface area (Å²) < 4.78 is 0. The number of allylic oxidation sites excluding steroid dienone is 1. The Kier molecular flexibility index (Phi) is 4.78. The van der Waals surface area contributed by atoms with E-state index < -0.39 is 0 Å². The number of halogens is 2. The van der Waals surface area contributed by atoms with E-state index in [9.17, 15) is 5.26 Å². The maximum absolute atomic E-state index is 9.44. The van der Waals surface area contributed by atoms with Gasteiger partial charge in [0.1, 0.15) is 11.1 Å². The molecule has 0 radical (unpaired) electrons. The monoisotopic (exact) mass is 356 g/mol. The molecule has 23 heavy (non-hydrogen) atoms. The van der Waals surface area contributed by atoms with Gasteiger partial charge >= 0.3 is 0 Å². The van der Waals surface area contributed by atoms with Gasteiger partial charge in [0, 0.05) is 21.0 Å². The quantitative estimate of drug-likeness (QED) is 0.525. The Morgan fingerprint density at radius 3 is 2.70 bits per heavy atom. The molecule has 0 saturated heterocycles. The van der Waals surface area contributed by atoms with Crippen molar-refractivity contribution in [2.24, 2.45) is 0 Å². The molecule has 0 aliphatic carbocycles. The summed E-state index contributed by atoms with van der Waals surface area (Å²) in [5.74, 6) is 0. The van der Waals surface area contributed by atoms with Crippen molar-refractivity contribution in [3.05, 3.63) is 74.5 Å². The first-order valence-electron chi connectivity index (χ1n) is 6.75. The van der Waals surface area contributed by atoms with Crippen molar-refractivity contribution in [3.8, 4) is 17.3 Å². The molecule has 3 aromatic rings. The summed E-state index contributed by atoms with van der Waals surface area (Å²) >= 11 is 13.6. The fourth-order valence-electron chi connectivity index (χ4n) is 2.07. The zero-order valence-corrected chi connectivity index (χ0v) is 14.2. The Morgan fingerprint density at radius 2 is 1.96 bits per heavy atom. The molecule has 0 fully saturated rings. The van der Waals surface area contributed by atoms with Crippen molar-refractivity contribution in [3.63, 3.8) is 0 Å². The van der Waals surface area contributed by atoms with Crippen LogP contribution in [-0.4, -0.2) is 4.98 Å². The van der Waals surface area contributed by atoms with Gasteiger partial charge in [-0.2, -0.15) is 5.26 Å². The van der Waals surface area contributed by atoms with Gasteiger partial charge in [0.05, 0.1) is 11.3 Å². The van der Waals surface area contributed by atoms with E-state index >= 15 is 0 Å². The number of thiazole rings is 1. The van der Waals surface area contributed by atoms with Gasteiger partial charge in [-0.3, -0.25) is 0 Å². The first-order chi connectivity index (χ1) is 11.2. The summed E-state index contributed by atoms with van der Waals surface area (Å²) in [4.78, 5) is 4.54. The van der Waals surface area contributed by atoms with E-state index in [0.717, 1.165) is 16.8 Å². The van der Waals surface area contributed by atoms with Crippen LogP contribution < -0.4 is 0 Å². The standard InChI is InChI=1S/C18H10Cl2N2S/c19-15-6-3-5-13(9-15)17-11-23-18(22-17)14(10-21)8-12-4-1-2-7-16(12)20/h1-9,11H. The molecule has 2 nitrogen and oxygen atoms in total. The molecule has 0 N–H and O–H groups in total. The molecule has 0 aliphatic heterocycles. The van der Waals surface area contributed by atoms with Crippen LogP contribution in [0.3, 0.4) is 0 Å². The highest BCUT2D eigenvalue weighted by atomic mass is 35.5. The smallest absolute Gasteiger partial charge is 0.134 e. The SMILES string of the molecule is N#CC(=Cc1ccccc1Cl)c1nc(-c2cccc(Cl)c2)cs1. The molecule has 0 aliphatic rings. The molecule has 0 atom stereocenters. The summed E-state index contributed by atoms with van der Waals surface area (Å²) in [6.45, 7) is 0. The molecule has 5 heteroatoms. The maximum Gasteiger partial charge on any atom is 0.134 e. The van der Waals surface area contributed by atoms with E-state index in [0.29, 0.717) is 20.6 Å². The lowest BCUT2D eigenvalue weighted by Gasteiger charge is -1.99. The van der Waals surface area contributed by atoms with Crippen LogP contribution in [0.4, 0.5) is 0 Å². The van der Waals surface area contributed by atoms with E-state index in [-0.39, 0.29) is 0 Å². The van der Waals surface area contributed by atoms with Crippen LogP contribution in [0.2, 0.25) is 10.0 Å². The fourth-order valence-corrected chi connectivity index (χ4v) is 3.24. The lowest BCUT2D eigenvalue weighted by molar-refractivity contribution is 1.37. The van der Waals surface area contributed by atoms with Crippen molar-refractivity contribution in [2.45, 2.75) is 0 Å². The van der Waals surface area contributed by atoms with Crippen LogP contribution in [-0.2, 0) is 0 Å². The maximum atomic E-state index is 9.44. The second-order valence-corrected chi connectivity index (χ2v) is 6.44. The Labute approximate surface area is 148 Å².